The number of rotatable bonds is 2. The van der Waals surface area contributed by atoms with E-state index in [0.29, 0.717) is 22.1 Å². The highest BCUT2D eigenvalue weighted by atomic mass is 32.2. The van der Waals surface area contributed by atoms with E-state index in [1.54, 1.807) is 16.5 Å². The summed E-state index contributed by atoms with van der Waals surface area (Å²) in [5, 5.41) is 6.23. The lowest BCUT2D eigenvalue weighted by atomic mass is 10.0. The highest BCUT2D eigenvalue weighted by Gasteiger charge is 2.45. The molecule has 1 N–H and O–H groups in total. The minimum Gasteiger partial charge on any atom is -0.350 e. The first-order valence-corrected chi connectivity index (χ1v) is 10.8. The minimum atomic E-state index is -0.577. The van der Waals surface area contributed by atoms with Crippen LogP contribution in [0.5, 0.6) is 0 Å². The molecule has 1 amide bonds. The van der Waals surface area contributed by atoms with Gasteiger partial charge in [0, 0.05) is 36.2 Å². The fourth-order valence-electron chi connectivity index (χ4n) is 4.26. The number of carbonyl (C=O) groups excluding carboxylic acids is 1. The molecule has 0 saturated carbocycles. The molecule has 0 radical (unpaired) electrons. The van der Waals surface area contributed by atoms with Crippen LogP contribution in [0.4, 0.5) is 5.69 Å². The summed E-state index contributed by atoms with van der Waals surface area (Å²) < 4.78 is 3.72. The molecule has 7 nitrogen and oxygen atoms in total. The number of hydrogen-bond donors (Lipinski definition) is 1. The molecule has 0 unspecified atom stereocenters. The predicted octanol–water partition coefficient (Wildman–Crippen LogP) is 2.85. The fourth-order valence-corrected chi connectivity index (χ4v) is 4.63. The van der Waals surface area contributed by atoms with Crippen molar-refractivity contribution >= 4 is 34.3 Å². The number of nitrogens with one attached hydrogen (secondary N) is 1. The van der Waals surface area contributed by atoms with Crippen molar-refractivity contribution in [2.45, 2.75) is 18.2 Å². The van der Waals surface area contributed by atoms with Crippen molar-refractivity contribution in [1.82, 2.24) is 14.6 Å². The first kappa shape index (κ1) is 18.6. The smallest absolute Gasteiger partial charge is 0.325 e. The number of thioether (sulfide) groups is 1. The Balaban J connectivity index is 1.92. The molecule has 1 aliphatic rings. The van der Waals surface area contributed by atoms with Crippen LogP contribution in [0, 0.1) is 0 Å². The van der Waals surface area contributed by atoms with Crippen LogP contribution in [0.2, 0.25) is 0 Å². The summed E-state index contributed by atoms with van der Waals surface area (Å²) in [4.78, 5) is 30.6. The third-order valence-electron chi connectivity index (χ3n) is 5.50. The van der Waals surface area contributed by atoms with Gasteiger partial charge in [0.05, 0.1) is 16.8 Å². The van der Waals surface area contributed by atoms with Gasteiger partial charge in [0.2, 0.25) is 11.1 Å². The van der Waals surface area contributed by atoms with Gasteiger partial charge in [-0.3, -0.25) is 14.6 Å². The number of hydrogen-bond acceptors (Lipinski definition) is 4. The Labute approximate surface area is 177 Å². The molecule has 2 aromatic heterocycles. The number of nitrogens with zero attached hydrogens (tertiary/aromatic N) is 4. The Morgan fingerprint density at radius 3 is 2.67 bits per heavy atom. The summed E-state index contributed by atoms with van der Waals surface area (Å²) in [7, 11) is 1.98. The van der Waals surface area contributed by atoms with E-state index >= 15 is 0 Å². The fraction of sp³-hybridized carbons (Fsp3) is 0.182. The summed E-state index contributed by atoms with van der Waals surface area (Å²) >= 11 is 1.36. The number of aryl methyl sites for hydroxylation is 1. The van der Waals surface area contributed by atoms with Crippen molar-refractivity contribution in [3.8, 4) is 11.3 Å². The number of aromatic amines is 1. The molecule has 5 rings (SSSR count). The van der Waals surface area contributed by atoms with Crippen LogP contribution in [-0.4, -0.2) is 26.8 Å². The van der Waals surface area contributed by atoms with Crippen molar-refractivity contribution < 1.29 is 9.48 Å². The van der Waals surface area contributed by atoms with E-state index in [0.717, 1.165) is 16.5 Å². The zero-order chi connectivity index (χ0) is 21.0. The van der Waals surface area contributed by atoms with Gasteiger partial charge in [-0.1, -0.05) is 42.1 Å². The molecule has 0 fully saturated rings. The van der Waals surface area contributed by atoms with Crippen LogP contribution in [0.25, 0.3) is 22.2 Å². The van der Waals surface area contributed by atoms with Crippen LogP contribution < -0.4 is 15.1 Å². The van der Waals surface area contributed by atoms with Gasteiger partial charge in [0.1, 0.15) is 0 Å². The molecular weight excluding hydrogens is 398 g/mol. The average Bonchev–Trinajstić information content (AvgIpc) is 3.08. The summed E-state index contributed by atoms with van der Waals surface area (Å²) in [5.74, 6) is -0.119. The standard InChI is InChI=1S/C22H19N5O2S/c1-13(28)26-18-11-7-5-9-15(18)19-20(29)23-22(30-3)24-27(19)21(26)16-12-25(2)17-10-6-4-8-14(16)17/h4-12,21H,1-3H3/p+1/t21-/m1/s1. The van der Waals surface area contributed by atoms with Crippen molar-refractivity contribution in [3.05, 3.63) is 70.6 Å². The van der Waals surface area contributed by atoms with Gasteiger partial charge in [-0.05, 0) is 29.1 Å². The second-order valence-electron chi connectivity index (χ2n) is 7.25. The first-order chi connectivity index (χ1) is 14.5. The molecule has 1 aliphatic heterocycles. The van der Waals surface area contributed by atoms with E-state index in [9.17, 15) is 9.59 Å². The van der Waals surface area contributed by atoms with E-state index < -0.39 is 6.17 Å². The van der Waals surface area contributed by atoms with Crippen molar-refractivity contribution in [2.75, 3.05) is 11.2 Å². The molecule has 8 heteroatoms. The van der Waals surface area contributed by atoms with Crippen molar-refractivity contribution in [1.29, 1.82) is 0 Å². The number of benzene rings is 2. The molecule has 2 aromatic carbocycles. The molecule has 0 bridgehead atoms. The maximum Gasteiger partial charge on any atom is 0.325 e. The highest BCUT2D eigenvalue weighted by molar-refractivity contribution is 7.98. The SMILES string of the molecule is CSc1n[n+]2c(c(=O)[nH]1)-c1ccccc1N(C(C)=O)[C@H]2c1cn(C)c2ccccc12. The number of fused-ring (bicyclic) bond motifs is 4. The van der Waals surface area contributed by atoms with Gasteiger partial charge in [-0.25, -0.2) is 4.90 Å². The van der Waals surface area contributed by atoms with Crippen LogP contribution in [-0.2, 0) is 11.8 Å². The Morgan fingerprint density at radius 1 is 1.17 bits per heavy atom. The third kappa shape index (κ3) is 2.60. The molecule has 3 heterocycles. The van der Waals surface area contributed by atoms with Crippen molar-refractivity contribution in [2.24, 2.45) is 7.05 Å². The first-order valence-electron chi connectivity index (χ1n) is 9.54. The number of H-pyrrole nitrogens is 1. The van der Waals surface area contributed by atoms with E-state index in [1.165, 1.54) is 11.8 Å². The second-order valence-corrected chi connectivity index (χ2v) is 8.04. The summed E-state index contributed by atoms with van der Waals surface area (Å²) in [6, 6.07) is 15.5. The maximum absolute atomic E-state index is 13.1. The largest absolute Gasteiger partial charge is 0.350 e. The molecule has 30 heavy (non-hydrogen) atoms. The minimum absolute atomic E-state index is 0.119. The van der Waals surface area contributed by atoms with Crippen LogP contribution in [0.15, 0.2) is 64.7 Å². The summed E-state index contributed by atoms with van der Waals surface area (Å²) in [6.07, 6.45) is 3.29. The third-order valence-corrected chi connectivity index (χ3v) is 6.07. The topological polar surface area (TPSA) is 74.9 Å². The van der Waals surface area contributed by atoms with Gasteiger partial charge in [-0.2, -0.15) is 0 Å². The lowest BCUT2D eigenvalue weighted by Crippen LogP contribution is -2.60. The lowest BCUT2D eigenvalue weighted by molar-refractivity contribution is -0.762. The van der Waals surface area contributed by atoms with E-state index in [1.807, 2.05) is 72.6 Å². The molecule has 150 valence electrons. The Kier molecular flexibility index (Phi) is 4.25. The molecule has 1 atom stereocenters. The van der Waals surface area contributed by atoms with E-state index in [2.05, 4.69) is 4.98 Å². The van der Waals surface area contributed by atoms with Crippen LogP contribution >= 0.6 is 11.8 Å². The van der Waals surface area contributed by atoms with E-state index in [4.69, 9.17) is 5.10 Å². The van der Waals surface area contributed by atoms with Gasteiger partial charge in [0.25, 0.3) is 6.17 Å². The lowest BCUT2D eigenvalue weighted by Gasteiger charge is -2.31. The zero-order valence-corrected chi connectivity index (χ0v) is 17.6. The summed E-state index contributed by atoms with van der Waals surface area (Å²) in [6.45, 7) is 1.54. The van der Waals surface area contributed by atoms with Crippen LogP contribution in [0.3, 0.4) is 0 Å². The maximum atomic E-state index is 13.1. The average molecular weight is 419 g/mol. The molecular formula is C22H20N5O2S+. The molecule has 0 spiro atoms. The van der Waals surface area contributed by atoms with Gasteiger partial charge >= 0.3 is 11.3 Å². The number of aromatic nitrogens is 4. The number of carbonyl (C=O) groups is 1. The quantitative estimate of drug-likeness (QED) is 0.401. The Hall–Kier alpha value is -3.39. The van der Waals surface area contributed by atoms with Gasteiger partial charge in [0.15, 0.2) is 0 Å². The zero-order valence-electron chi connectivity index (χ0n) is 16.8. The monoisotopic (exact) mass is 418 g/mol. The number of para-hydroxylation sites is 2. The molecule has 0 saturated heterocycles. The number of amides is 1. The Bertz CT molecular complexity index is 1370. The van der Waals surface area contributed by atoms with Crippen LogP contribution in [0.1, 0.15) is 18.7 Å². The highest BCUT2D eigenvalue weighted by Crippen LogP contribution is 2.39. The predicted molar refractivity (Wildman–Crippen MR) is 116 cm³/mol. The van der Waals surface area contributed by atoms with Crippen molar-refractivity contribution in [3.63, 3.8) is 0 Å². The Morgan fingerprint density at radius 2 is 1.90 bits per heavy atom. The van der Waals surface area contributed by atoms with Gasteiger partial charge in [-0.15, -0.1) is 0 Å². The van der Waals surface area contributed by atoms with E-state index in [-0.39, 0.29) is 11.5 Å². The summed E-state index contributed by atoms with van der Waals surface area (Å²) in [5.41, 5.74) is 3.56. The molecule has 0 aliphatic carbocycles. The molecule has 4 aromatic rings. The second kappa shape index (κ2) is 6.84. The number of anilines is 1. The normalized spacial score (nSPS) is 15.2. The van der Waals surface area contributed by atoms with Gasteiger partial charge < -0.3 is 4.57 Å².